The van der Waals surface area contributed by atoms with Crippen LogP contribution in [0.25, 0.3) is 10.1 Å². The molecular formula is C26H33F3N2O2S. The first-order chi connectivity index (χ1) is 16.3. The van der Waals surface area contributed by atoms with Crippen LogP contribution in [0.3, 0.4) is 0 Å². The summed E-state index contributed by atoms with van der Waals surface area (Å²) < 4.78 is 46.1. The van der Waals surface area contributed by atoms with Crippen molar-refractivity contribution in [2.75, 3.05) is 19.6 Å². The maximum absolute atomic E-state index is 13.4. The van der Waals surface area contributed by atoms with Gasteiger partial charge in [0.25, 0.3) is 0 Å². The number of carbonyl (C=O) groups is 1. The molecule has 2 heterocycles. The van der Waals surface area contributed by atoms with Gasteiger partial charge in [-0.15, -0.1) is 11.3 Å². The normalized spacial score (nSPS) is 28.7. The third-order valence-corrected chi connectivity index (χ3v) is 8.96. The van der Waals surface area contributed by atoms with Crippen LogP contribution >= 0.6 is 11.3 Å². The summed E-state index contributed by atoms with van der Waals surface area (Å²) in [6, 6.07) is 4.78. The van der Waals surface area contributed by atoms with Gasteiger partial charge in [-0.2, -0.15) is 13.2 Å². The lowest BCUT2D eigenvalue weighted by Crippen LogP contribution is -2.38. The number of hydrogen-bond donors (Lipinski definition) is 1. The van der Waals surface area contributed by atoms with E-state index in [2.05, 4.69) is 17.1 Å². The molecular weight excluding hydrogens is 461 g/mol. The number of alkyl halides is 3. The molecule has 0 spiro atoms. The predicted molar refractivity (Wildman–Crippen MR) is 128 cm³/mol. The van der Waals surface area contributed by atoms with E-state index in [1.54, 1.807) is 0 Å². The number of likely N-dealkylation sites (tertiary alicyclic amines) is 1. The second-order valence-corrected chi connectivity index (χ2v) is 11.4. The van der Waals surface area contributed by atoms with Crippen LogP contribution in [0.4, 0.5) is 18.0 Å². The molecule has 1 aliphatic heterocycles. The number of rotatable bonds is 5. The van der Waals surface area contributed by atoms with Crippen molar-refractivity contribution in [2.24, 2.45) is 11.8 Å². The highest BCUT2D eigenvalue weighted by atomic mass is 32.1. The molecule has 4 nitrogen and oxygen atoms in total. The molecule has 1 N–H and O–H groups in total. The molecule has 1 amide bonds. The molecule has 186 valence electrons. The second-order valence-electron chi connectivity index (χ2n) is 10.5. The topological polar surface area (TPSA) is 41.6 Å². The van der Waals surface area contributed by atoms with E-state index < -0.39 is 11.7 Å². The summed E-state index contributed by atoms with van der Waals surface area (Å²) in [5.41, 5.74) is 0.535. The summed E-state index contributed by atoms with van der Waals surface area (Å²) in [7, 11) is 0. The minimum Gasteiger partial charge on any atom is -0.446 e. The van der Waals surface area contributed by atoms with Crippen LogP contribution in [0, 0.1) is 11.8 Å². The summed E-state index contributed by atoms with van der Waals surface area (Å²) >= 11 is 1.21. The van der Waals surface area contributed by atoms with Gasteiger partial charge in [0.2, 0.25) is 0 Å². The number of hydrogen-bond acceptors (Lipinski definition) is 4. The average molecular weight is 495 g/mol. The van der Waals surface area contributed by atoms with Crippen molar-refractivity contribution in [3.8, 4) is 0 Å². The van der Waals surface area contributed by atoms with E-state index in [9.17, 15) is 18.0 Å². The molecule has 1 aromatic carbocycles. The highest BCUT2D eigenvalue weighted by Gasteiger charge is 2.42. The van der Waals surface area contributed by atoms with Gasteiger partial charge < -0.3 is 15.0 Å². The summed E-state index contributed by atoms with van der Waals surface area (Å²) in [5, 5.41) is 5.72. The Bertz CT molecular complexity index is 1010. The molecule has 3 fully saturated rings. The molecule has 2 saturated carbocycles. The Morgan fingerprint density at radius 2 is 1.88 bits per heavy atom. The first-order valence-electron chi connectivity index (χ1n) is 12.5. The van der Waals surface area contributed by atoms with E-state index in [4.69, 9.17) is 4.74 Å². The number of fused-ring (bicyclic) bond motifs is 1. The predicted octanol–water partition coefficient (Wildman–Crippen LogP) is 6.79. The molecule has 1 saturated heterocycles. The molecule has 8 heteroatoms. The van der Waals surface area contributed by atoms with E-state index in [0.717, 1.165) is 81.4 Å². The van der Waals surface area contributed by atoms with Crippen LogP contribution in [0.2, 0.25) is 0 Å². The maximum atomic E-state index is 13.4. The molecule has 2 aliphatic carbocycles. The van der Waals surface area contributed by atoms with Gasteiger partial charge in [0.1, 0.15) is 6.10 Å². The van der Waals surface area contributed by atoms with Crippen LogP contribution in [0.1, 0.15) is 68.9 Å². The average Bonchev–Trinajstić information content (AvgIpc) is 3.36. The van der Waals surface area contributed by atoms with E-state index in [1.165, 1.54) is 23.5 Å². The first kappa shape index (κ1) is 23.9. The lowest BCUT2D eigenvalue weighted by molar-refractivity contribution is -0.136. The number of nitrogens with zero attached hydrogens (tertiary/aromatic N) is 1. The van der Waals surface area contributed by atoms with Crippen molar-refractivity contribution in [3.63, 3.8) is 0 Å². The third-order valence-electron chi connectivity index (χ3n) is 7.91. The molecule has 2 aromatic rings. The van der Waals surface area contributed by atoms with Crippen LogP contribution < -0.4 is 5.32 Å². The van der Waals surface area contributed by atoms with E-state index in [0.29, 0.717) is 16.5 Å². The van der Waals surface area contributed by atoms with Crippen molar-refractivity contribution >= 4 is 27.5 Å². The fourth-order valence-corrected chi connectivity index (χ4v) is 6.86. The van der Waals surface area contributed by atoms with Gasteiger partial charge in [-0.3, -0.25) is 0 Å². The maximum Gasteiger partial charge on any atom is 0.417 e. The van der Waals surface area contributed by atoms with Gasteiger partial charge >= 0.3 is 12.3 Å². The monoisotopic (exact) mass is 494 g/mol. The Hall–Kier alpha value is -1.80. The molecule has 1 aromatic heterocycles. The van der Waals surface area contributed by atoms with Crippen molar-refractivity contribution in [2.45, 2.75) is 76.1 Å². The Morgan fingerprint density at radius 3 is 2.59 bits per heavy atom. The fourth-order valence-electron chi connectivity index (χ4n) is 5.67. The summed E-state index contributed by atoms with van der Waals surface area (Å²) in [6.45, 7) is 5.04. The fraction of sp³-hybridized carbons (Fsp3) is 0.654. The van der Waals surface area contributed by atoms with Gasteiger partial charge in [0, 0.05) is 23.2 Å². The van der Waals surface area contributed by atoms with Crippen LogP contribution in [0.5, 0.6) is 0 Å². The Balaban J connectivity index is 1.08. The minimum atomic E-state index is -4.32. The van der Waals surface area contributed by atoms with Crippen molar-refractivity contribution < 1.29 is 22.7 Å². The molecule has 3 aliphatic rings. The first-order valence-corrected chi connectivity index (χ1v) is 13.4. The zero-order valence-corrected chi connectivity index (χ0v) is 20.4. The van der Waals surface area contributed by atoms with Crippen LogP contribution in [0.15, 0.2) is 23.6 Å². The Morgan fingerprint density at radius 1 is 1.15 bits per heavy atom. The Kier molecular flexibility index (Phi) is 6.81. The number of halogens is 3. The molecule has 5 rings (SSSR count). The number of ether oxygens (including phenoxy) is 1. The quantitative estimate of drug-likeness (QED) is 0.497. The number of thiophene rings is 1. The lowest BCUT2D eigenvalue weighted by Gasteiger charge is -2.32. The molecule has 2 atom stereocenters. The largest absolute Gasteiger partial charge is 0.446 e. The number of nitrogens with one attached hydrogen (secondary N) is 1. The van der Waals surface area contributed by atoms with E-state index >= 15 is 0 Å². The highest BCUT2D eigenvalue weighted by Crippen LogP contribution is 2.43. The Labute approximate surface area is 202 Å². The number of carbonyl (C=O) groups excluding carboxylic acids is 1. The molecule has 34 heavy (non-hydrogen) atoms. The van der Waals surface area contributed by atoms with Crippen LogP contribution in [-0.4, -0.2) is 42.8 Å². The molecule has 0 radical (unpaired) electrons. The molecule has 0 bridgehead atoms. The van der Waals surface area contributed by atoms with E-state index in [1.807, 2.05) is 11.4 Å². The van der Waals surface area contributed by atoms with Gasteiger partial charge in [0.05, 0.1) is 5.56 Å². The number of benzene rings is 1. The summed E-state index contributed by atoms with van der Waals surface area (Å²) in [4.78, 5) is 14.6. The number of alkyl carbamates (subject to hydrolysis) is 1. The zero-order valence-electron chi connectivity index (χ0n) is 19.6. The number of piperidine rings is 1. The van der Waals surface area contributed by atoms with Gasteiger partial charge in [0.15, 0.2) is 0 Å². The van der Waals surface area contributed by atoms with Crippen molar-refractivity contribution in [1.82, 2.24) is 10.2 Å². The third kappa shape index (κ3) is 5.38. The summed E-state index contributed by atoms with van der Waals surface area (Å²) in [5.74, 6) is 1.44. The van der Waals surface area contributed by atoms with E-state index in [-0.39, 0.29) is 18.2 Å². The van der Waals surface area contributed by atoms with Gasteiger partial charge in [-0.05, 0) is 92.3 Å². The smallest absolute Gasteiger partial charge is 0.417 e. The van der Waals surface area contributed by atoms with Crippen molar-refractivity contribution in [3.05, 3.63) is 34.7 Å². The minimum absolute atomic E-state index is 0.0156. The SMILES string of the molecule is CC1CCC(NC(=O)O[C@@H]2C[C@@H]2CN2CCC(c3csc4c(C(F)(F)F)cccc34)CC2)CC1. The van der Waals surface area contributed by atoms with Crippen molar-refractivity contribution in [1.29, 1.82) is 0 Å². The lowest BCUT2D eigenvalue weighted by atomic mass is 9.87. The highest BCUT2D eigenvalue weighted by molar-refractivity contribution is 7.17. The van der Waals surface area contributed by atoms with Gasteiger partial charge in [-0.1, -0.05) is 19.1 Å². The standard InChI is InChI=1S/C26H33F3N2O2S/c1-16-5-7-19(8-6-16)30-25(32)33-23-13-18(23)14-31-11-9-17(10-12-31)21-15-34-24-20(21)3-2-4-22(24)26(27,28)29/h2-4,15-19,23H,5-14H2,1H3,(H,30,32)/t16?,18-,19?,23-/m1/s1. The molecule has 0 unspecified atom stereocenters. The van der Waals surface area contributed by atoms with Crippen LogP contribution in [-0.2, 0) is 10.9 Å². The zero-order chi connectivity index (χ0) is 23.9. The second kappa shape index (κ2) is 9.69. The van der Waals surface area contributed by atoms with Gasteiger partial charge in [-0.25, -0.2) is 4.79 Å². The summed E-state index contributed by atoms with van der Waals surface area (Å²) in [6.07, 6.45) is 2.64. The number of amides is 1.